The molecule has 0 saturated heterocycles. The van der Waals surface area contributed by atoms with E-state index in [2.05, 4.69) is 10.3 Å². The standard InChI is InChI=1S/C20H23FN2O2/c1-2-25-18-11-10-17(14-22-18)23-19(24)20(12-4-3-5-13-20)15-6-8-16(21)9-7-15/h6-11,14H,2-5,12-13H2,1H3,(H,23,24). The van der Waals surface area contributed by atoms with Crippen LogP contribution in [0.5, 0.6) is 5.88 Å². The number of hydrogen-bond donors (Lipinski definition) is 1. The van der Waals surface area contributed by atoms with Crippen LogP contribution in [0.2, 0.25) is 0 Å². The highest BCUT2D eigenvalue weighted by atomic mass is 19.1. The lowest BCUT2D eigenvalue weighted by Crippen LogP contribution is -2.42. The summed E-state index contributed by atoms with van der Waals surface area (Å²) in [7, 11) is 0. The molecule has 5 heteroatoms. The van der Waals surface area contributed by atoms with Crippen LogP contribution in [-0.2, 0) is 10.2 Å². The molecule has 0 bridgehead atoms. The SMILES string of the molecule is CCOc1ccc(NC(=O)C2(c3ccc(F)cc3)CCCCC2)cn1. The molecule has 1 aliphatic carbocycles. The van der Waals surface area contributed by atoms with Gasteiger partial charge in [-0.25, -0.2) is 9.37 Å². The van der Waals surface area contributed by atoms with Gasteiger partial charge < -0.3 is 10.1 Å². The monoisotopic (exact) mass is 342 g/mol. The van der Waals surface area contributed by atoms with Crippen LogP contribution >= 0.6 is 0 Å². The van der Waals surface area contributed by atoms with Crippen LogP contribution in [0.4, 0.5) is 10.1 Å². The topological polar surface area (TPSA) is 51.2 Å². The predicted molar refractivity (Wildman–Crippen MR) is 95.2 cm³/mol. The molecule has 2 aromatic rings. The number of nitrogens with zero attached hydrogens (tertiary/aromatic N) is 1. The van der Waals surface area contributed by atoms with E-state index < -0.39 is 5.41 Å². The van der Waals surface area contributed by atoms with E-state index in [0.29, 0.717) is 18.2 Å². The van der Waals surface area contributed by atoms with Gasteiger partial charge in [-0.15, -0.1) is 0 Å². The average Bonchev–Trinajstić information content (AvgIpc) is 2.64. The van der Waals surface area contributed by atoms with Gasteiger partial charge in [0.25, 0.3) is 0 Å². The summed E-state index contributed by atoms with van der Waals surface area (Å²) >= 11 is 0. The highest BCUT2D eigenvalue weighted by molar-refractivity contribution is 5.99. The van der Waals surface area contributed by atoms with Gasteiger partial charge in [0.1, 0.15) is 5.82 Å². The van der Waals surface area contributed by atoms with Gasteiger partial charge in [-0.05, 0) is 43.5 Å². The molecule has 1 amide bonds. The summed E-state index contributed by atoms with van der Waals surface area (Å²) in [6.07, 6.45) is 6.26. The Morgan fingerprint density at radius 1 is 1.16 bits per heavy atom. The summed E-state index contributed by atoms with van der Waals surface area (Å²) < 4.78 is 18.6. The first kappa shape index (κ1) is 17.4. The lowest BCUT2D eigenvalue weighted by molar-refractivity contribution is -0.122. The van der Waals surface area contributed by atoms with Crippen molar-refractivity contribution in [2.24, 2.45) is 0 Å². The van der Waals surface area contributed by atoms with E-state index in [4.69, 9.17) is 4.74 Å². The first-order valence-electron chi connectivity index (χ1n) is 8.80. The zero-order valence-corrected chi connectivity index (χ0v) is 14.4. The molecule has 132 valence electrons. The third kappa shape index (κ3) is 3.81. The summed E-state index contributed by atoms with van der Waals surface area (Å²) in [5.74, 6) is 0.196. The molecule has 1 aromatic heterocycles. The first-order chi connectivity index (χ1) is 12.1. The van der Waals surface area contributed by atoms with Gasteiger partial charge in [0.2, 0.25) is 11.8 Å². The Morgan fingerprint density at radius 3 is 2.48 bits per heavy atom. The summed E-state index contributed by atoms with van der Waals surface area (Å²) in [6, 6.07) is 9.85. The van der Waals surface area contributed by atoms with Crippen molar-refractivity contribution in [2.75, 3.05) is 11.9 Å². The minimum absolute atomic E-state index is 0.0511. The van der Waals surface area contributed by atoms with E-state index in [-0.39, 0.29) is 11.7 Å². The minimum Gasteiger partial charge on any atom is -0.478 e. The van der Waals surface area contributed by atoms with Crippen LogP contribution < -0.4 is 10.1 Å². The van der Waals surface area contributed by atoms with Crippen molar-refractivity contribution in [3.05, 3.63) is 54.0 Å². The molecular weight excluding hydrogens is 319 g/mol. The van der Waals surface area contributed by atoms with Crippen molar-refractivity contribution in [3.63, 3.8) is 0 Å². The first-order valence-corrected chi connectivity index (χ1v) is 8.80. The van der Waals surface area contributed by atoms with E-state index >= 15 is 0 Å². The number of hydrogen-bond acceptors (Lipinski definition) is 3. The number of pyridine rings is 1. The maximum Gasteiger partial charge on any atom is 0.235 e. The fourth-order valence-corrected chi connectivity index (χ4v) is 3.51. The maximum absolute atomic E-state index is 13.3. The number of carbonyl (C=O) groups is 1. The summed E-state index contributed by atoms with van der Waals surface area (Å²) in [4.78, 5) is 17.3. The van der Waals surface area contributed by atoms with Crippen LogP contribution in [0.3, 0.4) is 0 Å². The molecule has 1 fully saturated rings. The number of rotatable bonds is 5. The molecule has 1 saturated carbocycles. The van der Waals surface area contributed by atoms with Gasteiger partial charge in [0, 0.05) is 6.07 Å². The Balaban J connectivity index is 1.83. The van der Waals surface area contributed by atoms with Gasteiger partial charge >= 0.3 is 0 Å². The van der Waals surface area contributed by atoms with Gasteiger partial charge in [-0.2, -0.15) is 0 Å². The van der Waals surface area contributed by atoms with Crippen molar-refractivity contribution < 1.29 is 13.9 Å². The third-order valence-corrected chi connectivity index (χ3v) is 4.82. The van der Waals surface area contributed by atoms with Gasteiger partial charge in [-0.1, -0.05) is 31.4 Å². The molecule has 1 aliphatic rings. The Hall–Kier alpha value is -2.43. The number of halogens is 1. The van der Waals surface area contributed by atoms with Crippen LogP contribution in [0.1, 0.15) is 44.6 Å². The molecule has 1 N–H and O–H groups in total. The molecule has 1 aromatic carbocycles. The van der Waals surface area contributed by atoms with E-state index in [1.54, 1.807) is 30.5 Å². The fraction of sp³-hybridized carbons (Fsp3) is 0.400. The van der Waals surface area contributed by atoms with Gasteiger partial charge in [0.05, 0.1) is 23.9 Å². The number of anilines is 1. The summed E-state index contributed by atoms with van der Waals surface area (Å²) in [5, 5.41) is 2.98. The number of benzene rings is 1. The molecule has 1 heterocycles. The second-order valence-electron chi connectivity index (χ2n) is 6.42. The van der Waals surface area contributed by atoms with E-state index in [9.17, 15) is 9.18 Å². The largest absolute Gasteiger partial charge is 0.478 e. The minimum atomic E-state index is -0.607. The number of nitrogens with one attached hydrogen (secondary N) is 1. The zero-order chi connectivity index (χ0) is 17.7. The molecule has 0 spiro atoms. The van der Waals surface area contributed by atoms with E-state index in [1.165, 1.54) is 12.1 Å². The number of carbonyl (C=O) groups excluding carboxylic acids is 1. The van der Waals surface area contributed by atoms with Gasteiger partial charge in [0.15, 0.2) is 0 Å². The Bertz CT molecular complexity index is 707. The predicted octanol–water partition coefficient (Wildman–Crippen LogP) is 4.46. The fourth-order valence-electron chi connectivity index (χ4n) is 3.51. The number of amides is 1. The lowest BCUT2D eigenvalue weighted by atomic mass is 9.68. The van der Waals surface area contributed by atoms with Crippen molar-refractivity contribution in [1.29, 1.82) is 0 Å². The average molecular weight is 342 g/mol. The molecular formula is C20H23FN2O2. The van der Waals surface area contributed by atoms with Crippen molar-refractivity contribution in [2.45, 2.75) is 44.4 Å². The number of aromatic nitrogens is 1. The van der Waals surface area contributed by atoms with Crippen LogP contribution in [0.25, 0.3) is 0 Å². The zero-order valence-electron chi connectivity index (χ0n) is 14.4. The lowest BCUT2D eigenvalue weighted by Gasteiger charge is -2.36. The van der Waals surface area contributed by atoms with Gasteiger partial charge in [-0.3, -0.25) is 4.79 Å². The van der Waals surface area contributed by atoms with Crippen molar-refractivity contribution in [1.82, 2.24) is 4.98 Å². The Morgan fingerprint density at radius 2 is 1.88 bits per heavy atom. The highest BCUT2D eigenvalue weighted by Crippen LogP contribution is 2.40. The Kier molecular flexibility index (Phi) is 5.31. The quantitative estimate of drug-likeness (QED) is 0.873. The highest BCUT2D eigenvalue weighted by Gasteiger charge is 2.41. The molecule has 0 atom stereocenters. The van der Waals surface area contributed by atoms with E-state index in [0.717, 1.165) is 37.7 Å². The molecule has 0 radical (unpaired) electrons. The second-order valence-corrected chi connectivity index (χ2v) is 6.42. The van der Waals surface area contributed by atoms with Crippen molar-refractivity contribution >= 4 is 11.6 Å². The smallest absolute Gasteiger partial charge is 0.235 e. The maximum atomic E-state index is 13.3. The Labute approximate surface area is 147 Å². The van der Waals surface area contributed by atoms with Crippen molar-refractivity contribution in [3.8, 4) is 5.88 Å². The third-order valence-electron chi connectivity index (χ3n) is 4.82. The molecule has 25 heavy (non-hydrogen) atoms. The molecule has 0 unspecified atom stereocenters. The summed E-state index contributed by atoms with van der Waals surface area (Å²) in [6.45, 7) is 2.44. The van der Waals surface area contributed by atoms with Crippen LogP contribution in [-0.4, -0.2) is 17.5 Å². The summed E-state index contributed by atoms with van der Waals surface area (Å²) in [5.41, 5.74) is 0.912. The molecule has 0 aliphatic heterocycles. The van der Waals surface area contributed by atoms with Crippen LogP contribution in [0, 0.1) is 5.82 Å². The van der Waals surface area contributed by atoms with E-state index in [1.807, 2.05) is 6.92 Å². The van der Waals surface area contributed by atoms with Crippen LogP contribution in [0.15, 0.2) is 42.6 Å². The molecule has 3 rings (SSSR count). The normalized spacial score (nSPS) is 16.2. The molecule has 4 nitrogen and oxygen atoms in total. The second kappa shape index (κ2) is 7.64. The number of ether oxygens (including phenoxy) is 1.